The van der Waals surface area contributed by atoms with Gasteiger partial charge in [-0.2, -0.15) is 0 Å². The van der Waals surface area contributed by atoms with Gasteiger partial charge in [-0.25, -0.2) is 19.6 Å². The smallest absolute Gasteiger partial charge is 0.407 e. The summed E-state index contributed by atoms with van der Waals surface area (Å²) in [4.78, 5) is 74.2. The van der Waals surface area contributed by atoms with Crippen molar-refractivity contribution in [2.24, 2.45) is 11.8 Å². The zero-order valence-electron chi connectivity index (χ0n) is 38.6. The molecule has 4 N–H and O–H groups in total. The molecule has 2 saturated heterocycles. The van der Waals surface area contributed by atoms with Crippen molar-refractivity contribution in [3.8, 4) is 33.6 Å². The summed E-state index contributed by atoms with van der Waals surface area (Å²) in [7, 11) is 2.70. The van der Waals surface area contributed by atoms with Crippen LogP contribution in [0, 0.1) is 11.8 Å². The van der Waals surface area contributed by atoms with Crippen molar-refractivity contribution in [1.29, 1.82) is 0 Å². The number of methoxy groups -OCH3 is 2. The highest BCUT2D eigenvalue weighted by Crippen LogP contribution is 2.55. The Labute approximate surface area is 387 Å². The Morgan fingerprint density at radius 2 is 0.985 bits per heavy atom. The monoisotopic (exact) mass is 899 g/mol. The van der Waals surface area contributed by atoms with E-state index < -0.39 is 24.3 Å². The van der Waals surface area contributed by atoms with Crippen LogP contribution >= 0.6 is 0 Å². The Morgan fingerprint density at radius 1 is 0.545 bits per heavy atom. The summed E-state index contributed by atoms with van der Waals surface area (Å²) in [6.45, 7) is 1.27. The number of nitrogens with one attached hydrogen (secondary N) is 4. The van der Waals surface area contributed by atoms with Gasteiger partial charge in [0, 0.05) is 18.7 Å². The van der Waals surface area contributed by atoms with Crippen molar-refractivity contribution in [2.45, 2.75) is 152 Å². The molecule has 7 aliphatic rings. The normalized spacial score (nSPS) is 24.2. The maximum absolute atomic E-state index is 14.3. The number of carbonyl (C=O) groups is 4. The van der Waals surface area contributed by atoms with Gasteiger partial charge in [0.1, 0.15) is 23.7 Å². The van der Waals surface area contributed by atoms with E-state index in [1.165, 1.54) is 67.7 Å². The Bertz CT molecular complexity index is 2390. The fraction of sp³-hybridized carbons (Fsp3) is 0.577. The molecule has 2 aromatic heterocycles. The number of nitrogens with zero attached hydrogens (tertiary/aromatic N) is 4. The van der Waals surface area contributed by atoms with Crippen LogP contribution in [-0.4, -0.2) is 93.1 Å². The van der Waals surface area contributed by atoms with E-state index in [9.17, 15) is 19.2 Å². The number of benzene rings is 2. The van der Waals surface area contributed by atoms with E-state index in [4.69, 9.17) is 19.4 Å². The van der Waals surface area contributed by atoms with E-state index in [-0.39, 0.29) is 35.7 Å². The SMILES string of the molecule is COC(=O)N[C@H](C(=O)N1CCC[C@@H]1c1ncc(-c2ccc(-c3ccc(-c4cnc([C@@H]5CCCN5C(=O)[C@@H](NC(=O)OC)C5CCCCC5)[nH]4)c4c3C3CCC4CC3)cc2)[nH]1)C1CCCCC1. The van der Waals surface area contributed by atoms with E-state index in [1.54, 1.807) is 0 Å². The fourth-order valence-electron chi connectivity index (χ4n) is 12.9. The molecule has 11 rings (SSSR count). The first-order chi connectivity index (χ1) is 32.3. The predicted molar refractivity (Wildman–Crippen MR) is 250 cm³/mol. The van der Waals surface area contributed by atoms with Crippen LogP contribution < -0.4 is 10.6 Å². The number of amides is 4. The number of imidazole rings is 2. The molecule has 2 aromatic carbocycles. The number of aromatic amines is 2. The zero-order chi connectivity index (χ0) is 45.3. The molecule has 350 valence electrons. The quantitative estimate of drug-likeness (QED) is 0.115. The molecular formula is C52H66N8O6. The number of aromatic nitrogens is 4. The minimum absolute atomic E-state index is 0.0349. The maximum Gasteiger partial charge on any atom is 0.407 e. The van der Waals surface area contributed by atoms with Crippen LogP contribution in [0.25, 0.3) is 33.6 Å². The molecule has 0 spiro atoms. The molecule has 66 heavy (non-hydrogen) atoms. The number of hydrogen-bond donors (Lipinski definition) is 4. The van der Waals surface area contributed by atoms with E-state index in [0.29, 0.717) is 24.9 Å². The van der Waals surface area contributed by atoms with Crippen molar-refractivity contribution in [1.82, 2.24) is 40.4 Å². The largest absolute Gasteiger partial charge is 0.453 e. The van der Waals surface area contributed by atoms with Crippen molar-refractivity contribution >= 4 is 24.0 Å². The lowest BCUT2D eigenvalue weighted by atomic mass is 9.64. The van der Waals surface area contributed by atoms with Gasteiger partial charge in [-0.3, -0.25) is 9.59 Å². The highest BCUT2D eigenvalue weighted by Gasteiger charge is 2.42. The van der Waals surface area contributed by atoms with Gasteiger partial charge in [0.15, 0.2) is 0 Å². The molecule has 4 heterocycles. The minimum Gasteiger partial charge on any atom is -0.453 e. The second-order valence-corrected chi connectivity index (χ2v) is 19.9. The number of likely N-dealkylation sites (tertiary alicyclic amines) is 2. The van der Waals surface area contributed by atoms with Gasteiger partial charge in [-0.15, -0.1) is 0 Å². The Morgan fingerprint density at radius 3 is 1.48 bits per heavy atom. The molecule has 0 radical (unpaired) electrons. The highest BCUT2D eigenvalue weighted by atomic mass is 16.5. The molecule has 4 aromatic rings. The van der Waals surface area contributed by atoms with Crippen LogP contribution in [-0.2, 0) is 19.1 Å². The zero-order valence-corrected chi connectivity index (χ0v) is 38.6. The third-order valence-electron chi connectivity index (χ3n) is 16.2. The van der Waals surface area contributed by atoms with Gasteiger partial charge in [-0.1, -0.05) is 74.9 Å². The van der Waals surface area contributed by atoms with Crippen molar-refractivity contribution in [3.05, 3.63) is 71.6 Å². The minimum atomic E-state index is -0.602. The third-order valence-corrected chi connectivity index (χ3v) is 16.2. The summed E-state index contributed by atoms with van der Waals surface area (Å²) in [6, 6.07) is 11.8. The molecule has 14 heteroatoms. The van der Waals surface area contributed by atoms with E-state index in [0.717, 1.165) is 118 Å². The van der Waals surface area contributed by atoms with Crippen molar-refractivity contribution < 1.29 is 28.7 Å². The number of fused-ring (bicyclic) bond motifs is 2. The summed E-state index contributed by atoms with van der Waals surface area (Å²) in [5.74, 6) is 2.68. The Hall–Kier alpha value is -5.66. The van der Waals surface area contributed by atoms with Gasteiger partial charge < -0.3 is 39.9 Å². The molecular weight excluding hydrogens is 833 g/mol. The molecule has 5 aliphatic carbocycles. The van der Waals surface area contributed by atoms with E-state index in [2.05, 4.69) is 57.0 Å². The van der Waals surface area contributed by atoms with Gasteiger partial charge in [0.25, 0.3) is 0 Å². The number of H-pyrrole nitrogens is 2. The van der Waals surface area contributed by atoms with E-state index >= 15 is 0 Å². The molecule has 14 nitrogen and oxygen atoms in total. The lowest BCUT2D eigenvalue weighted by Crippen LogP contribution is -2.52. The Kier molecular flexibility index (Phi) is 12.9. The number of ether oxygens (including phenoxy) is 2. The second-order valence-electron chi connectivity index (χ2n) is 19.9. The summed E-state index contributed by atoms with van der Waals surface area (Å²) >= 11 is 0. The van der Waals surface area contributed by atoms with Crippen molar-refractivity contribution in [2.75, 3.05) is 27.3 Å². The number of carbonyl (C=O) groups excluding carboxylic acids is 4. The third kappa shape index (κ3) is 8.60. The van der Waals surface area contributed by atoms with Gasteiger partial charge in [-0.05, 0) is 129 Å². The average molecular weight is 899 g/mol. The van der Waals surface area contributed by atoms with Gasteiger partial charge >= 0.3 is 12.2 Å². The van der Waals surface area contributed by atoms with Crippen LogP contribution in [0.1, 0.15) is 162 Å². The molecule has 4 atom stereocenters. The molecule has 2 aliphatic heterocycles. The standard InChI is InChI=1S/C52H66N8O6/c1-65-51(63)57-45(35-11-5-3-6-12-35)49(61)59-27-9-15-41(59)47-53-29-39(55-47)32-19-17-31(18-20-32)37-25-26-38(44-34-23-21-33(22-24-34)43(37)44)40-30-54-48(56-40)42-16-10-28-60(42)50(62)46(58-52(64)66-2)36-13-7-4-8-14-36/h17-20,25-26,29-30,33-36,41-42,45-46H,3-16,21-24,27-28H2,1-2H3,(H,53,55)(H,54,56)(H,57,63)(H,58,64)/t33?,34?,41-,42+,45+,46+/m1/s1. The lowest BCUT2D eigenvalue weighted by Gasteiger charge is -2.41. The molecule has 0 unspecified atom stereocenters. The highest BCUT2D eigenvalue weighted by molar-refractivity contribution is 5.87. The molecule has 5 fully saturated rings. The number of rotatable bonds is 11. The predicted octanol–water partition coefficient (Wildman–Crippen LogP) is 9.83. The summed E-state index contributed by atoms with van der Waals surface area (Å²) in [6.07, 6.45) is 21.1. The maximum atomic E-state index is 14.3. The van der Waals surface area contributed by atoms with Crippen LogP contribution in [0.4, 0.5) is 9.59 Å². The van der Waals surface area contributed by atoms with Crippen LogP contribution in [0.15, 0.2) is 48.8 Å². The van der Waals surface area contributed by atoms with Crippen LogP contribution in [0.5, 0.6) is 0 Å². The lowest BCUT2D eigenvalue weighted by molar-refractivity contribution is -0.136. The second kappa shape index (κ2) is 19.3. The van der Waals surface area contributed by atoms with Crippen molar-refractivity contribution in [3.63, 3.8) is 0 Å². The molecule has 2 bridgehead atoms. The van der Waals surface area contributed by atoms with Gasteiger partial charge in [0.05, 0.1) is 50.1 Å². The van der Waals surface area contributed by atoms with Crippen LogP contribution in [0.3, 0.4) is 0 Å². The number of alkyl carbamates (subject to hydrolysis) is 2. The topological polar surface area (TPSA) is 175 Å². The summed E-state index contributed by atoms with van der Waals surface area (Å²) in [5.41, 5.74) is 9.51. The molecule has 3 saturated carbocycles. The average Bonchev–Trinajstić information content (AvgIpc) is 4.23. The van der Waals surface area contributed by atoms with E-state index in [1.807, 2.05) is 22.2 Å². The van der Waals surface area contributed by atoms with Crippen LogP contribution in [0.2, 0.25) is 0 Å². The fourth-order valence-corrected chi connectivity index (χ4v) is 12.9. The summed E-state index contributed by atoms with van der Waals surface area (Å²) < 4.78 is 9.91. The Balaban J connectivity index is 0.876. The summed E-state index contributed by atoms with van der Waals surface area (Å²) in [5, 5.41) is 5.81. The number of hydrogen-bond acceptors (Lipinski definition) is 8. The first kappa shape index (κ1) is 44.2. The first-order valence-corrected chi connectivity index (χ1v) is 25.0. The van der Waals surface area contributed by atoms with Gasteiger partial charge in [0.2, 0.25) is 11.8 Å². The first-order valence-electron chi connectivity index (χ1n) is 25.0. The molecule has 4 amide bonds.